The van der Waals surface area contributed by atoms with Crippen LogP contribution in [0.5, 0.6) is 0 Å². The number of carbonyl (C=O) groups excluding carboxylic acids is 2. The van der Waals surface area contributed by atoms with E-state index < -0.39 is 12.1 Å². The number of nitrogens with one attached hydrogen (secondary N) is 1. The Bertz CT molecular complexity index is 988. The number of carbonyl (C=O) groups is 2. The van der Waals surface area contributed by atoms with Crippen molar-refractivity contribution in [1.29, 1.82) is 0 Å². The smallest absolute Gasteiger partial charge is 0.348 e. The Labute approximate surface area is 196 Å². The highest BCUT2D eigenvalue weighted by molar-refractivity contribution is 7.20. The van der Waals surface area contributed by atoms with Gasteiger partial charge in [0, 0.05) is 33.2 Å². The highest BCUT2D eigenvalue weighted by atomic mass is 32.1. The first-order chi connectivity index (χ1) is 15.8. The second-order valence-electron chi connectivity index (χ2n) is 7.64. The van der Waals surface area contributed by atoms with Crippen LogP contribution in [0.1, 0.15) is 54.2 Å². The molecule has 0 aromatic carbocycles. The number of aromatic nitrogens is 2. The number of methoxy groups -OCH3 is 1. The Hall–Kier alpha value is -2.34. The Morgan fingerprint density at radius 3 is 2.70 bits per heavy atom. The predicted molar refractivity (Wildman–Crippen MR) is 125 cm³/mol. The van der Waals surface area contributed by atoms with Gasteiger partial charge >= 0.3 is 11.9 Å². The average Bonchev–Trinajstić information content (AvgIpc) is 3.09. The van der Waals surface area contributed by atoms with E-state index in [9.17, 15) is 19.5 Å². The molecular weight excluding hydrogens is 450 g/mol. The Kier molecular flexibility index (Phi) is 10.9. The van der Waals surface area contributed by atoms with Crippen LogP contribution in [0.2, 0.25) is 0 Å². The average molecular weight is 484 g/mol. The lowest BCUT2D eigenvalue weighted by atomic mass is 10.2. The molecule has 2 rings (SSSR count). The standard InChI is InChI=1S/C22H33N3O7S/c1-5-8-17(27)32-13-15(26)11-25(9-7-10-30-4)12-16-23-20(28)18-14(3)19(22(29)31-6-2)33-21(18)24-16/h15,26H,5-13H2,1-4H3,(H,23,24,28). The summed E-state index contributed by atoms with van der Waals surface area (Å²) in [5.74, 6) is -0.401. The maximum atomic E-state index is 12.7. The maximum Gasteiger partial charge on any atom is 0.348 e. The van der Waals surface area contributed by atoms with E-state index in [4.69, 9.17) is 14.2 Å². The van der Waals surface area contributed by atoms with Gasteiger partial charge in [0.15, 0.2) is 0 Å². The number of esters is 2. The van der Waals surface area contributed by atoms with Crippen LogP contribution in [0.25, 0.3) is 10.2 Å². The van der Waals surface area contributed by atoms with E-state index >= 15 is 0 Å². The van der Waals surface area contributed by atoms with Gasteiger partial charge in [0.05, 0.1) is 18.5 Å². The molecule has 0 saturated carbocycles. The highest BCUT2D eigenvalue weighted by Gasteiger charge is 2.21. The summed E-state index contributed by atoms with van der Waals surface area (Å²) in [6, 6.07) is 0. The SMILES string of the molecule is CCCC(=O)OCC(O)CN(CCCOC)Cc1nc2sc(C(=O)OCC)c(C)c2c(=O)[nH]1. The summed E-state index contributed by atoms with van der Waals surface area (Å²) in [7, 11) is 1.61. The fourth-order valence-electron chi connectivity index (χ4n) is 3.35. The zero-order valence-electron chi connectivity index (χ0n) is 19.6. The number of H-pyrrole nitrogens is 1. The van der Waals surface area contributed by atoms with E-state index in [0.29, 0.717) is 58.9 Å². The number of aliphatic hydroxyl groups excluding tert-OH is 1. The van der Waals surface area contributed by atoms with Crippen molar-refractivity contribution >= 4 is 33.5 Å². The number of aromatic amines is 1. The summed E-state index contributed by atoms with van der Waals surface area (Å²) in [6.07, 6.45) is 0.808. The van der Waals surface area contributed by atoms with Gasteiger partial charge in [-0.2, -0.15) is 0 Å². The quantitative estimate of drug-likeness (QED) is 0.306. The third kappa shape index (κ3) is 7.88. The number of rotatable bonds is 14. The Morgan fingerprint density at radius 1 is 1.27 bits per heavy atom. The minimum atomic E-state index is -0.886. The monoisotopic (exact) mass is 483 g/mol. The van der Waals surface area contributed by atoms with Gasteiger partial charge in [0.1, 0.15) is 28.2 Å². The molecule has 2 aromatic rings. The fourth-order valence-corrected chi connectivity index (χ4v) is 4.44. The van der Waals surface area contributed by atoms with E-state index in [0.717, 1.165) is 11.3 Å². The number of hydrogen-bond donors (Lipinski definition) is 2. The zero-order chi connectivity index (χ0) is 24.4. The van der Waals surface area contributed by atoms with E-state index in [1.165, 1.54) is 0 Å². The summed E-state index contributed by atoms with van der Waals surface area (Å²) in [4.78, 5) is 46.6. The van der Waals surface area contributed by atoms with Crippen LogP contribution < -0.4 is 5.56 Å². The van der Waals surface area contributed by atoms with Crippen molar-refractivity contribution < 1.29 is 28.9 Å². The zero-order valence-corrected chi connectivity index (χ0v) is 20.5. The number of aryl methyl sites for hydroxylation is 1. The molecule has 0 aliphatic carbocycles. The number of ether oxygens (including phenoxy) is 3. The van der Waals surface area contributed by atoms with E-state index in [1.807, 2.05) is 11.8 Å². The van der Waals surface area contributed by atoms with Crippen LogP contribution in [0.15, 0.2) is 4.79 Å². The molecule has 184 valence electrons. The molecule has 0 aliphatic heterocycles. The molecule has 2 N–H and O–H groups in total. The first-order valence-electron chi connectivity index (χ1n) is 11.0. The molecule has 0 radical (unpaired) electrons. The lowest BCUT2D eigenvalue weighted by molar-refractivity contribution is -0.147. The number of nitrogens with zero attached hydrogens (tertiary/aromatic N) is 2. The first kappa shape index (κ1) is 26.9. The number of hydrogen-bond acceptors (Lipinski definition) is 10. The van der Waals surface area contributed by atoms with Gasteiger partial charge in [-0.05, 0) is 32.3 Å². The van der Waals surface area contributed by atoms with Gasteiger partial charge in [-0.15, -0.1) is 11.3 Å². The summed E-state index contributed by atoms with van der Waals surface area (Å²) in [6.45, 7) is 7.05. The van der Waals surface area contributed by atoms with Gasteiger partial charge in [-0.25, -0.2) is 9.78 Å². The van der Waals surface area contributed by atoms with Crippen LogP contribution in [-0.2, 0) is 25.5 Å². The number of thiophene rings is 1. The molecule has 10 nitrogen and oxygen atoms in total. The molecule has 2 heterocycles. The van der Waals surface area contributed by atoms with Crippen molar-refractivity contribution in [3.63, 3.8) is 0 Å². The van der Waals surface area contributed by atoms with Crippen molar-refractivity contribution in [2.75, 3.05) is 40.0 Å². The normalized spacial score (nSPS) is 12.3. The van der Waals surface area contributed by atoms with Crippen molar-refractivity contribution in [2.24, 2.45) is 0 Å². The van der Waals surface area contributed by atoms with Gasteiger partial charge in [0.25, 0.3) is 5.56 Å². The van der Waals surface area contributed by atoms with E-state index in [-0.39, 0.29) is 37.8 Å². The number of fused-ring (bicyclic) bond motifs is 1. The summed E-state index contributed by atoms with van der Waals surface area (Å²) in [5.41, 5.74) is 0.222. The van der Waals surface area contributed by atoms with Crippen LogP contribution in [0.4, 0.5) is 0 Å². The molecule has 33 heavy (non-hydrogen) atoms. The van der Waals surface area contributed by atoms with Crippen molar-refractivity contribution in [1.82, 2.24) is 14.9 Å². The van der Waals surface area contributed by atoms with Crippen LogP contribution >= 0.6 is 11.3 Å². The summed E-state index contributed by atoms with van der Waals surface area (Å²) < 4.78 is 15.3. The molecule has 0 bridgehead atoms. The molecule has 0 aliphatic rings. The molecule has 2 aromatic heterocycles. The summed E-state index contributed by atoms with van der Waals surface area (Å²) >= 11 is 1.13. The van der Waals surface area contributed by atoms with Gasteiger partial charge in [-0.1, -0.05) is 6.92 Å². The minimum absolute atomic E-state index is 0.102. The largest absolute Gasteiger partial charge is 0.463 e. The Balaban J connectivity index is 2.18. The van der Waals surface area contributed by atoms with Crippen molar-refractivity contribution in [3.8, 4) is 0 Å². The maximum absolute atomic E-state index is 12.7. The molecule has 11 heteroatoms. The van der Waals surface area contributed by atoms with Crippen LogP contribution in [0, 0.1) is 6.92 Å². The topological polar surface area (TPSA) is 131 Å². The van der Waals surface area contributed by atoms with E-state index in [1.54, 1.807) is 21.0 Å². The second kappa shape index (κ2) is 13.4. The van der Waals surface area contributed by atoms with Crippen LogP contribution in [-0.4, -0.2) is 78.0 Å². The molecule has 1 unspecified atom stereocenters. The second-order valence-corrected chi connectivity index (χ2v) is 8.64. The van der Waals surface area contributed by atoms with E-state index in [2.05, 4.69) is 9.97 Å². The molecule has 0 amide bonds. The van der Waals surface area contributed by atoms with Gasteiger partial charge in [0.2, 0.25) is 0 Å². The van der Waals surface area contributed by atoms with Gasteiger partial charge < -0.3 is 24.3 Å². The minimum Gasteiger partial charge on any atom is -0.463 e. The first-order valence-corrected chi connectivity index (χ1v) is 11.9. The number of aliphatic hydroxyl groups is 1. The van der Waals surface area contributed by atoms with Crippen molar-refractivity contribution in [3.05, 3.63) is 26.6 Å². The van der Waals surface area contributed by atoms with Crippen molar-refractivity contribution in [2.45, 2.75) is 52.7 Å². The molecule has 0 saturated heterocycles. The fraction of sp³-hybridized carbons (Fsp3) is 0.636. The summed E-state index contributed by atoms with van der Waals surface area (Å²) in [5, 5.41) is 10.7. The lowest BCUT2D eigenvalue weighted by Gasteiger charge is -2.24. The predicted octanol–water partition coefficient (Wildman–Crippen LogP) is 2.01. The lowest BCUT2D eigenvalue weighted by Crippen LogP contribution is -2.37. The third-order valence-corrected chi connectivity index (χ3v) is 6.03. The highest BCUT2D eigenvalue weighted by Crippen LogP contribution is 2.27. The molecule has 0 spiro atoms. The third-order valence-electron chi connectivity index (χ3n) is 4.87. The molecular formula is C22H33N3O7S. The molecule has 0 fully saturated rings. The van der Waals surface area contributed by atoms with Gasteiger partial charge in [-0.3, -0.25) is 14.5 Å². The molecule has 1 atom stereocenters. The Morgan fingerprint density at radius 2 is 2.03 bits per heavy atom. The van der Waals surface area contributed by atoms with Crippen LogP contribution in [0.3, 0.4) is 0 Å².